The van der Waals surface area contributed by atoms with Crippen molar-refractivity contribution in [3.05, 3.63) is 42.2 Å². The van der Waals surface area contributed by atoms with Crippen molar-refractivity contribution in [1.29, 1.82) is 0 Å². The van der Waals surface area contributed by atoms with Gasteiger partial charge in [0, 0.05) is 24.6 Å². The van der Waals surface area contributed by atoms with Gasteiger partial charge >= 0.3 is 6.09 Å². The van der Waals surface area contributed by atoms with Crippen molar-refractivity contribution in [3.63, 3.8) is 0 Å². The van der Waals surface area contributed by atoms with E-state index in [1.807, 2.05) is 0 Å². The smallest absolute Gasteiger partial charge is 0.410 e. The van der Waals surface area contributed by atoms with Gasteiger partial charge in [0.25, 0.3) is 0 Å². The van der Waals surface area contributed by atoms with Gasteiger partial charge in [-0.05, 0) is 38.0 Å². The number of likely N-dealkylation sites (tertiary alicyclic amines) is 1. The van der Waals surface area contributed by atoms with Crippen LogP contribution in [-0.2, 0) is 9.53 Å². The van der Waals surface area contributed by atoms with Crippen LogP contribution in [-0.4, -0.2) is 46.1 Å². The van der Waals surface area contributed by atoms with Gasteiger partial charge in [-0.1, -0.05) is 0 Å². The van der Waals surface area contributed by atoms with E-state index >= 15 is 0 Å². The Kier molecular flexibility index (Phi) is 4.69. The largest absolute Gasteiger partial charge is 0.453 e. The van der Waals surface area contributed by atoms with E-state index in [4.69, 9.17) is 4.74 Å². The zero-order valence-electron chi connectivity index (χ0n) is 14.0. The monoisotopic (exact) mass is 346 g/mol. The Hall–Kier alpha value is -2.90. The lowest BCUT2D eigenvalue weighted by Crippen LogP contribution is -2.43. The minimum Gasteiger partial charge on any atom is -0.453 e. The molecule has 0 aliphatic carbocycles. The van der Waals surface area contributed by atoms with E-state index in [2.05, 4.69) is 10.3 Å². The van der Waals surface area contributed by atoms with E-state index in [1.165, 1.54) is 18.1 Å². The average Bonchev–Trinajstić information content (AvgIpc) is 3.23. The predicted octanol–water partition coefficient (Wildman–Crippen LogP) is 2.49. The van der Waals surface area contributed by atoms with Crippen molar-refractivity contribution in [2.75, 3.05) is 19.0 Å². The highest BCUT2D eigenvalue weighted by Crippen LogP contribution is 2.22. The summed E-state index contributed by atoms with van der Waals surface area (Å²) in [6.45, 7) is 2.24. The van der Waals surface area contributed by atoms with Crippen LogP contribution in [0.25, 0.3) is 5.69 Å². The number of amides is 2. The minimum absolute atomic E-state index is 0.334. The molecule has 0 unspecified atom stereocenters. The Morgan fingerprint density at radius 3 is 2.84 bits per heavy atom. The third kappa shape index (κ3) is 3.33. The number of ether oxygens (including phenoxy) is 1. The molecule has 25 heavy (non-hydrogen) atoms. The van der Waals surface area contributed by atoms with Crippen LogP contribution in [0, 0.1) is 12.7 Å². The summed E-state index contributed by atoms with van der Waals surface area (Å²) in [5.74, 6) is -0.167. The molecule has 0 bridgehead atoms. The molecule has 1 N–H and O–H groups in total. The summed E-state index contributed by atoms with van der Waals surface area (Å²) < 4.78 is 20.7. The van der Waals surface area contributed by atoms with Crippen LogP contribution in [0.3, 0.4) is 0 Å². The number of anilines is 1. The number of halogens is 1. The van der Waals surface area contributed by atoms with E-state index in [1.54, 1.807) is 36.0 Å². The summed E-state index contributed by atoms with van der Waals surface area (Å²) in [5, 5.41) is 2.67. The summed E-state index contributed by atoms with van der Waals surface area (Å²) in [6.07, 6.45) is 4.00. The maximum atomic E-state index is 14.4. The quantitative estimate of drug-likeness (QED) is 0.926. The maximum Gasteiger partial charge on any atom is 0.410 e. The molecule has 1 aromatic heterocycles. The fraction of sp³-hybridized carbons (Fsp3) is 0.353. The fourth-order valence-corrected chi connectivity index (χ4v) is 3.01. The third-order valence-electron chi connectivity index (χ3n) is 4.27. The van der Waals surface area contributed by atoms with Gasteiger partial charge in [0.1, 0.15) is 17.7 Å². The molecule has 2 aromatic rings. The van der Waals surface area contributed by atoms with Gasteiger partial charge in [0.15, 0.2) is 0 Å². The highest BCUT2D eigenvalue weighted by Gasteiger charge is 2.34. The maximum absolute atomic E-state index is 14.4. The number of methoxy groups -OCH3 is 1. The molecule has 1 fully saturated rings. The number of aryl methyl sites for hydroxylation is 1. The van der Waals surface area contributed by atoms with Crippen molar-refractivity contribution < 1.29 is 18.7 Å². The highest BCUT2D eigenvalue weighted by atomic mass is 19.1. The van der Waals surface area contributed by atoms with Crippen molar-refractivity contribution >= 4 is 17.7 Å². The molecule has 7 nitrogen and oxygen atoms in total. The number of imidazole rings is 1. The number of nitrogens with zero attached hydrogens (tertiary/aromatic N) is 3. The number of hydrogen-bond donors (Lipinski definition) is 1. The van der Waals surface area contributed by atoms with Crippen molar-refractivity contribution in [2.45, 2.75) is 25.8 Å². The molecule has 0 spiro atoms. The van der Waals surface area contributed by atoms with Crippen molar-refractivity contribution in [3.8, 4) is 5.69 Å². The molecule has 1 saturated heterocycles. The van der Waals surface area contributed by atoms with Gasteiger partial charge in [-0.15, -0.1) is 0 Å². The number of rotatable bonds is 3. The third-order valence-corrected chi connectivity index (χ3v) is 4.27. The van der Waals surface area contributed by atoms with Gasteiger partial charge in [0.05, 0.1) is 12.8 Å². The molecule has 1 aromatic carbocycles. The first-order valence-corrected chi connectivity index (χ1v) is 7.96. The lowest BCUT2D eigenvalue weighted by Gasteiger charge is -2.22. The average molecular weight is 346 g/mol. The lowest BCUT2D eigenvalue weighted by molar-refractivity contribution is -0.119. The number of carbonyl (C=O) groups is 2. The van der Waals surface area contributed by atoms with Gasteiger partial charge in [-0.2, -0.15) is 0 Å². The molecular weight excluding hydrogens is 327 g/mol. The van der Waals surface area contributed by atoms with Crippen molar-refractivity contribution in [2.24, 2.45) is 0 Å². The zero-order valence-corrected chi connectivity index (χ0v) is 14.0. The Balaban J connectivity index is 1.75. The molecule has 0 radical (unpaired) electrons. The second-order valence-corrected chi connectivity index (χ2v) is 5.82. The molecule has 2 heterocycles. The van der Waals surface area contributed by atoms with E-state index in [0.717, 1.165) is 6.42 Å². The number of aromatic nitrogens is 2. The van der Waals surface area contributed by atoms with Crippen LogP contribution in [0.4, 0.5) is 14.9 Å². The Morgan fingerprint density at radius 2 is 2.20 bits per heavy atom. The summed E-state index contributed by atoms with van der Waals surface area (Å²) in [6, 6.07) is 3.84. The highest BCUT2D eigenvalue weighted by molar-refractivity contribution is 5.96. The van der Waals surface area contributed by atoms with Crippen LogP contribution in [0.2, 0.25) is 0 Å². The SMILES string of the molecule is COC(=O)N1CCC[C@@H]1C(=O)Nc1ccc(-n2ccnc2C)c(F)c1. The molecule has 1 aliphatic rings. The molecule has 1 aliphatic heterocycles. The molecular formula is C17H19FN4O3. The summed E-state index contributed by atoms with van der Waals surface area (Å²) >= 11 is 0. The molecule has 8 heteroatoms. The standard InChI is InChI=1S/C17H19FN4O3/c1-11-19-7-9-21(11)14-6-5-12(10-13(14)18)20-16(23)15-4-3-8-22(15)17(24)25-2/h5-7,9-10,15H,3-4,8H2,1-2H3,(H,20,23)/t15-/m1/s1. The van der Waals surface area contributed by atoms with Gasteiger partial charge in [-0.3, -0.25) is 9.69 Å². The van der Waals surface area contributed by atoms with Crippen LogP contribution < -0.4 is 5.32 Å². The van der Waals surface area contributed by atoms with Crippen molar-refractivity contribution in [1.82, 2.24) is 14.5 Å². The first-order valence-electron chi connectivity index (χ1n) is 7.96. The summed E-state index contributed by atoms with van der Waals surface area (Å²) in [5.41, 5.74) is 0.686. The minimum atomic E-state index is -0.605. The fourth-order valence-electron chi connectivity index (χ4n) is 3.01. The number of nitrogens with one attached hydrogen (secondary N) is 1. The molecule has 132 valence electrons. The second-order valence-electron chi connectivity index (χ2n) is 5.82. The van der Waals surface area contributed by atoms with Gasteiger partial charge < -0.3 is 14.6 Å². The topological polar surface area (TPSA) is 76.5 Å². The Labute approximate surface area is 144 Å². The van der Waals surface area contributed by atoms with E-state index in [-0.39, 0.29) is 5.91 Å². The first kappa shape index (κ1) is 16.9. The predicted molar refractivity (Wildman–Crippen MR) is 89.0 cm³/mol. The molecule has 1 atom stereocenters. The van der Waals surface area contributed by atoms with E-state index in [9.17, 15) is 14.0 Å². The van der Waals surface area contributed by atoms with Gasteiger partial charge in [-0.25, -0.2) is 14.2 Å². The lowest BCUT2D eigenvalue weighted by atomic mass is 10.2. The number of hydrogen-bond acceptors (Lipinski definition) is 4. The normalized spacial score (nSPS) is 16.8. The van der Waals surface area contributed by atoms with E-state index in [0.29, 0.717) is 30.2 Å². The van der Waals surface area contributed by atoms with E-state index < -0.39 is 18.0 Å². The van der Waals surface area contributed by atoms with Crippen LogP contribution in [0.15, 0.2) is 30.6 Å². The van der Waals surface area contributed by atoms with Crippen LogP contribution >= 0.6 is 0 Å². The summed E-state index contributed by atoms with van der Waals surface area (Å²) in [7, 11) is 1.28. The first-order chi connectivity index (χ1) is 12.0. The summed E-state index contributed by atoms with van der Waals surface area (Å²) in [4.78, 5) is 29.6. The second kappa shape index (κ2) is 6.92. The van der Waals surface area contributed by atoms with Crippen LogP contribution in [0.5, 0.6) is 0 Å². The van der Waals surface area contributed by atoms with Gasteiger partial charge in [0.2, 0.25) is 5.91 Å². The zero-order chi connectivity index (χ0) is 18.0. The Bertz CT molecular complexity index is 805. The number of benzene rings is 1. The molecule has 3 rings (SSSR count). The molecule has 2 amide bonds. The number of carbonyl (C=O) groups excluding carboxylic acids is 2. The Morgan fingerprint density at radius 1 is 1.40 bits per heavy atom. The molecule has 0 saturated carbocycles. The van der Waals surface area contributed by atoms with Crippen LogP contribution in [0.1, 0.15) is 18.7 Å².